The summed E-state index contributed by atoms with van der Waals surface area (Å²) < 4.78 is 2.18. The summed E-state index contributed by atoms with van der Waals surface area (Å²) >= 11 is 0. The Bertz CT molecular complexity index is 2200. The maximum atomic E-state index is 4.90. The molecule has 7 aromatic carbocycles. The summed E-state index contributed by atoms with van der Waals surface area (Å²) in [6, 6.07) is 46.2. The molecule has 178 valence electrons. The molecule has 0 aliphatic carbocycles. The largest absolute Gasteiger partial charge is 0.327 e. The molecule has 0 amide bonds. The number of rotatable bonds is 2. The number of benzene rings is 7. The number of hydrogen-bond acceptors (Lipinski definition) is 1. The molecular formula is C36H24N2. The minimum atomic E-state index is 0.991. The van der Waals surface area contributed by atoms with Crippen LogP contribution in [0.5, 0.6) is 0 Å². The van der Waals surface area contributed by atoms with Crippen LogP contribution in [-0.2, 0) is 7.05 Å². The van der Waals surface area contributed by atoms with Gasteiger partial charge in [0.25, 0.3) is 0 Å². The van der Waals surface area contributed by atoms with Gasteiger partial charge in [-0.05, 0) is 84.5 Å². The predicted molar refractivity (Wildman–Crippen MR) is 162 cm³/mol. The van der Waals surface area contributed by atoms with Crippen molar-refractivity contribution in [3.63, 3.8) is 0 Å². The van der Waals surface area contributed by atoms with Gasteiger partial charge in [-0.25, -0.2) is 4.98 Å². The lowest BCUT2D eigenvalue weighted by atomic mass is 9.90. The monoisotopic (exact) mass is 484 g/mol. The molecule has 0 aliphatic heterocycles. The van der Waals surface area contributed by atoms with Crippen LogP contribution in [0.3, 0.4) is 0 Å². The van der Waals surface area contributed by atoms with Crippen LogP contribution in [0.25, 0.3) is 76.6 Å². The zero-order chi connectivity index (χ0) is 25.2. The highest BCUT2D eigenvalue weighted by Gasteiger charge is 2.13. The molecule has 0 atom stereocenters. The second-order valence-electron chi connectivity index (χ2n) is 10.1. The number of para-hydroxylation sites is 2. The fourth-order valence-electron chi connectivity index (χ4n) is 6.07. The van der Waals surface area contributed by atoms with E-state index < -0.39 is 0 Å². The van der Waals surface area contributed by atoms with Gasteiger partial charge in [-0.3, -0.25) is 0 Å². The molecule has 2 nitrogen and oxygen atoms in total. The Kier molecular flexibility index (Phi) is 4.47. The molecule has 8 aromatic rings. The molecule has 0 radical (unpaired) electrons. The first kappa shape index (κ1) is 21.2. The number of hydrogen-bond donors (Lipinski definition) is 0. The van der Waals surface area contributed by atoms with Crippen molar-refractivity contribution < 1.29 is 0 Å². The maximum absolute atomic E-state index is 4.90. The highest BCUT2D eigenvalue weighted by molar-refractivity contribution is 6.23. The summed E-state index contributed by atoms with van der Waals surface area (Å²) in [4.78, 5) is 4.90. The SMILES string of the molecule is Cn1c(-c2ccc3cc(-c4cc5ccc6ccccc6c5c5ccccc45)ccc3c2)nc2ccccc21. The lowest BCUT2D eigenvalue weighted by Crippen LogP contribution is -1.92. The topological polar surface area (TPSA) is 17.8 Å². The molecule has 0 spiro atoms. The zero-order valence-electron chi connectivity index (χ0n) is 21.0. The standard InChI is InChI=1S/C36H24N2/c1-38-34-13-7-6-12-33(34)37-36(38)28-19-16-24-20-26(17-15-25(24)21-28)32-22-27-18-14-23-8-2-3-9-29(23)35(27)31-11-5-4-10-30(31)32/h2-22H,1H3. The third kappa shape index (κ3) is 3.10. The van der Waals surface area contributed by atoms with Crippen LogP contribution in [0.4, 0.5) is 0 Å². The smallest absolute Gasteiger partial charge is 0.140 e. The van der Waals surface area contributed by atoms with E-state index >= 15 is 0 Å². The average Bonchev–Trinajstić information content (AvgIpc) is 3.32. The zero-order valence-corrected chi connectivity index (χ0v) is 21.0. The first-order chi connectivity index (χ1) is 18.7. The van der Waals surface area contributed by atoms with E-state index in [0.29, 0.717) is 0 Å². The minimum absolute atomic E-state index is 0.991. The van der Waals surface area contributed by atoms with E-state index in [2.05, 4.69) is 133 Å². The van der Waals surface area contributed by atoms with Gasteiger partial charge in [-0.1, -0.05) is 97.1 Å². The second-order valence-corrected chi connectivity index (χ2v) is 10.1. The molecule has 0 saturated carbocycles. The molecule has 38 heavy (non-hydrogen) atoms. The van der Waals surface area contributed by atoms with Crippen LogP contribution in [-0.4, -0.2) is 9.55 Å². The summed E-state index contributed by atoms with van der Waals surface area (Å²) in [5.41, 5.74) is 5.81. The lowest BCUT2D eigenvalue weighted by Gasteiger charge is -2.14. The van der Waals surface area contributed by atoms with Crippen molar-refractivity contribution in [2.45, 2.75) is 0 Å². The predicted octanol–water partition coefficient (Wildman–Crippen LogP) is 9.52. The molecule has 0 unspecified atom stereocenters. The van der Waals surface area contributed by atoms with Crippen LogP contribution < -0.4 is 0 Å². The quantitative estimate of drug-likeness (QED) is 0.223. The van der Waals surface area contributed by atoms with Gasteiger partial charge in [-0.2, -0.15) is 0 Å². The van der Waals surface area contributed by atoms with Gasteiger partial charge < -0.3 is 4.57 Å². The van der Waals surface area contributed by atoms with Crippen LogP contribution in [0, 0.1) is 0 Å². The van der Waals surface area contributed by atoms with E-state index in [1.807, 2.05) is 6.07 Å². The van der Waals surface area contributed by atoms with Crippen molar-refractivity contribution in [1.29, 1.82) is 0 Å². The summed E-state index contributed by atoms with van der Waals surface area (Å²) in [5, 5.41) is 10.2. The van der Waals surface area contributed by atoms with Crippen molar-refractivity contribution in [3.05, 3.63) is 127 Å². The number of imidazole rings is 1. The Hall–Kier alpha value is -4.95. The number of aryl methyl sites for hydroxylation is 1. The summed E-state index contributed by atoms with van der Waals surface area (Å²) in [6.45, 7) is 0. The van der Waals surface area contributed by atoms with Crippen LogP contribution in [0.1, 0.15) is 0 Å². The fourth-order valence-corrected chi connectivity index (χ4v) is 6.07. The van der Waals surface area contributed by atoms with E-state index in [9.17, 15) is 0 Å². The second kappa shape index (κ2) is 8.03. The normalized spacial score (nSPS) is 11.8. The van der Waals surface area contributed by atoms with Gasteiger partial charge in [0.2, 0.25) is 0 Å². The van der Waals surface area contributed by atoms with E-state index in [1.165, 1.54) is 54.2 Å². The molecule has 8 rings (SSSR count). The summed E-state index contributed by atoms with van der Waals surface area (Å²) in [6.07, 6.45) is 0. The number of fused-ring (bicyclic) bond motifs is 7. The Morgan fingerprint density at radius 2 is 1.13 bits per heavy atom. The molecule has 2 heteroatoms. The molecule has 0 N–H and O–H groups in total. The van der Waals surface area contributed by atoms with Crippen molar-refractivity contribution in [2.24, 2.45) is 7.05 Å². The van der Waals surface area contributed by atoms with Crippen LogP contribution in [0.2, 0.25) is 0 Å². The number of nitrogens with zero attached hydrogens (tertiary/aromatic N) is 2. The third-order valence-electron chi connectivity index (χ3n) is 7.94. The molecule has 0 saturated heterocycles. The van der Waals surface area contributed by atoms with Gasteiger partial charge in [0.15, 0.2) is 0 Å². The van der Waals surface area contributed by atoms with Gasteiger partial charge in [0, 0.05) is 12.6 Å². The van der Waals surface area contributed by atoms with Crippen molar-refractivity contribution in [3.8, 4) is 22.5 Å². The summed E-state index contributed by atoms with van der Waals surface area (Å²) in [7, 11) is 2.09. The van der Waals surface area contributed by atoms with E-state index in [4.69, 9.17) is 4.98 Å². The third-order valence-corrected chi connectivity index (χ3v) is 7.94. The van der Waals surface area contributed by atoms with Gasteiger partial charge in [-0.15, -0.1) is 0 Å². The van der Waals surface area contributed by atoms with E-state index in [0.717, 1.165) is 22.4 Å². The Balaban J connectivity index is 1.31. The molecule has 1 aromatic heterocycles. The van der Waals surface area contributed by atoms with E-state index in [-0.39, 0.29) is 0 Å². The Morgan fingerprint density at radius 3 is 1.97 bits per heavy atom. The molecule has 0 fully saturated rings. The Labute approximate surface area is 220 Å². The van der Waals surface area contributed by atoms with Crippen molar-refractivity contribution in [2.75, 3.05) is 0 Å². The van der Waals surface area contributed by atoms with Crippen LogP contribution in [0.15, 0.2) is 127 Å². The summed E-state index contributed by atoms with van der Waals surface area (Å²) in [5.74, 6) is 0.991. The first-order valence-electron chi connectivity index (χ1n) is 13.0. The highest BCUT2D eigenvalue weighted by atomic mass is 15.1. The van der Waals surface area contributed by atoms with E-state index in [1.54, 1.807) is 0 Å². The van der Waals surface area contributed by atoms with Gasteiger partial charge in [0.1, 0.15) is 5.82 Å². The average molecular weight is 485 g/mol. The lowest BCUT2D eigenvalue weighted by molar-refractivity contribution is 0.960. The van der Waals surface area contributed by atoms with Crippen molar-refractivity contribution in [1.82, 2.24) is 9.55 Å². The maximum Gasteiger partial charge on any atom is 0.140 e. The highest BCUT2D eigenvalue weighted by Crippen LogP contribution is 2.39. The molecule has 1 heterocycles. The first-order valence-corrected chi connectivity index (χ1v) is 13.0. The van der Waals surface area contributed by atoms with Gasteiger partial charge in [0.05, 0.1) is 11.0 Å². The minimum Gasteiger partial charge on any atom is -0.327 e. The molecule has 0 aliphatic rings. The van der Waals surface area contributed by atoms with Crippen molar-refractivity contribution >= 4 is 54.1 Å². The molecule has 0 bridgehead atoms. The number of aromatic nitrogens is 2. The van der Waals surface area contributed by atoms with Crippen LogP contribution >= 0.6 is 0 Å². The Morgan fingerprint density at radius 1 is 0.500 bits per heavy atom. The van der Waals surface area contributed by atoms with Gasteiger partial charge >= 0.3 is 0 Å². The fraction of sp³-hybridized carbons (Fsp3) is 0.0278. The molecular weight excluding hydrogens is 460 g/mol.